The molecule has 0 heterocycles. The van der Waals surface area contributed by atoms with Crippen molar-refractivity contribution in [2.75, 3.05) is 7.11 Å². The quantitative estimate of drug-likeness (QED) is 0.623. The first-order valence-corrected chi connectivity index (χ1v) is 9.10. The van der Waals surface area contributed by atoms with Crippen LogP contribution >= 0.6 is 0 Å². The van der Waals surface area contributed by atoms with Gasteiger partial charge in [-0.1, -0.05) is 44.2 Å². The SMILES string of the molecule is CCC(C)(CC(C)(CC(C)C(=O)O)C(=O)OC)C(=O)OCc1ccccc1. The second-order valence-electron chi connectivity index (χ2n) is 7.65. The van der Waals surface area contributed by atoms with E-state index in [2.05, 4.69) is 0 Å². The molecule has 0 saturated heterocycles. The smallest absolute Gasteiger partial charge is 0.312 e. The number of carboxylic acids is 1. The molecule has 0 saturated carbocycles. The van der Waals surface area contributed by atoms with Crippen LogP contribution in [0.4, 0.5) is 0 Å². The molecule has 0 aliphatic carbocycles. The Balaban J connectivity index is 2.97. The Labute approximate surface area is 160 Å². The van der Waals surface area contributed by atoms with Crippen LogP contribution in [-0.4, -0.2) is 30.1 Å². The van der Waals surface area contributed by atoms with Crippen LogP contribution in [0, 0.1) is 16.7 Å². The minimum absolute atomic E-state index is 0.0799. The second-order valence-corrected chi connectivity index (χ2v) is 7.65. The van der Waals surface area contributed by atoms with Crippen molar-refractivity contribution in [3.05, 3.63) is 35.9 Å². The van der Waals surface area contributed by atoms with Gasteiger partial charge in [-0.25, -0.2) is 0 Å². The number of carbonyl (C=O) groups excluding carboxylic acids is 2. The lowest BCUT2D eigenvalue weighted by Crippen LogP contribution is -2.41. The van der Waals surface area contributed by atoms with E-state index in [9.17, 15) is 19.5 Å². The Morgan fingerprint density at radius 3 is 2.15 bits per heavy atom. The Bertz CT molecular complexity index is 656. The number of hydrogen-bond donors (Lipinski definition) is 1. The van der Waals surface area contributed by atoms with Crippen molar-refractivity contribution in [2.24, 2.45) is 16.7 Å². The minimum Gasteiger partial charge on any atom is -0.481 e. The highest BCUT2D eigenvalue weighted by molar-refractivity contribution is 5.81. The molecule has 0 aliphatic rings. The van der Waals surface area contributed by atoms with Gasteiger partial charge in [-0.3, -0.25) is 14.4 Å². The molecule has 0 aliphatic heterocycles. The van der Waals surface area contributed by atoms with E-state index in [0.29, 0.717) is 6.42 Å². The third-order valence-electron chi connectivity index (χ3n) is 5.12. The molecular formula is C21H30O6. The maximum absolute atomic E-state index is 12.8. The van der Waals surface area contributed by atoms with E-state index >= 15 is 0 Å². The number of benzene rings is 1. The van der Waals surface area contributed by atoms with Crippen LogP contribution in [0.5, 0.6) is 0 Å². The molecule has 150 valence electrons. The van der Waals surface area contributed by atoms with Crippen molar-refractivity contribution in [2.45, 2.75) is 53.6 Å². The second kappa shape index (κ2) is 9.53. The maximum atomic E-state index is 12.8. The van der Waals surface area contributed by atoms with Gasteiger partial charge in [0, 0.05) is 0 Å². The van der Waals surface area contributed by atoms with Crippen LogP contribution in [-0.2, 0) is 30.5 Å². The molecule has 0 bridgehead atoms. The van der Waals surface area contributed by atoms with E-state index in [1.807, 2.05) is 37.3 Å². The van der Waals surface area contributed by atoms with Crippen LogP contribution < -0.4 is 0 Å². The van der Waals surface area contributed by atoms with Gasteiger partial charge in [-0.15, -0.1) is 0 Å². The Morgan fingerprint density at radius 1 is 1.07 bits per heavy atom. The highest BCUT2D eigenvalue weighted by atomic mass is 16.5. The lowest BCUT2D eigenvalue weighted by Gasteiger charge is -2.36. The molecule has 3 unspecified atom stereocenters. The number of carbonyl (C=O) groups is 3. The summed E-state index contributed by atoms with van der Waals surface area (Å²) in [7, 11) is 1.27. The van der Waals surface area contributed by atoms with E-state index < -0.39 is 34.7 Å². The molecule has 1 aromatic rings. The van der Waals surface area contributed by atoms with Crippen LogP contribution in [0.2, 0.25) is 0 Å². The first-order chi connectivity index (χ1) is 12.6. The van der Waals surface area contributed by atoms with Crippen LogP contribution in [0.15, 0.2) is 30.3 Å². The average Bonchev–Trinajstić information content (AvgIpc) is 2.65. The van der Waals surface area contributed by atoms with Gasteiger partial charge in [0.1, 0.15) is 6.61 Å². The summed E-state index contributed by atoms with van der Waals surface area (Å²) in [6.45, 7) is 6.93. The van der Waals surface area contributed by atoms with Crippen molar-refractivity contribution >= 4 is 17.9 Å². The summed E-state index contributed by atoms with van der Waals surface area (Å²) >= 11 is 0. The van der Waals surface area contributed by atoms with Gasteiger partial charge in [0.05, 0.1) is 23.9 Å². The summed E-state index contributed by atoms with van der Waals surface area (Å²) in [5.41, 5.74) is -1.17. The monoisotopic (exact) mass is 378 g/mol. The number of hydrogen-bond acceptors (Lipinski definition) is 5. The molecular weight excluding hydrogens is 348 g/mol. The van der Waals surface area contributed by atoms with Crippen molar-refractivity contribution in [3.8, 4) is 0 Å². The summed E-state index contributed by atoms with van der Waals surface area (Å²) in [5.74, 6) is -2.66. The predicted molar refractivity (Wildman–Crippen MR) is 101 cm³/mol. The van der Waals surface area contributed by atoms with E-state index in [4.69, 9.17) is 9.47 Å². The van der Waals surface area contributed by atoms with Gasteiger partial charge in [0.2, 0.25) is 0 Å². The fourth-order valence-corrected chi connectivity index (χ4v) is 3.34. The van der Waals surface area contributed by atoms with Crippen LogP contribution in [0.1, 0.15) is 52.5 Å². The van der Waals surface area contributed by atoms with Crippen LogP contribution in [0.25, 0.3) is 0 Å². The average molecular weight is 378 g/mol. The highest BCUT2D eigenvalue weighted by Crippen LogP contribution is 2.42. The number of rotatable bonds is 10. The highest BCUT2D eigenvalue weighted by Gasteiger charge is 2.46. The zero-order chi connectivity index (χ0) is 20.7. The number of methoxy groups -OCH3 is 1. The zero-order valence-electron chi connectivity index (χ0n) is 16.8. The summed E-state index contributed by atoms with van der Waals surface area (Å²) < 4.78 is 10.4. The largest absolute Gasteiger partial charge is 0.481 e. The van der Waals surface area contributed by atoms with Gasteiger partial charge in [0.25, 0.3) is 0 Å². The van der Waals surface area contributed by atoms with E-state index in [-0.39, 0.29) is 19.4 Å². The van der Waals surface area contributed by atoms with Crippen LogP contribution in [0.3, 0.4) is 0 Å². The summed E-state index contributed by atoms with van der Waals surface area (Å²) in [6.07, 6.45) is 0.680. The van der Waals surface area contributed by atoms with E-state index in [1.165, 1.54) is 7.11 Å². The molecule has 0 amide bonds. The molecule has 3 atom stereocenters. The topological polar surface area (TPSA) is 89.9 Å². The molecule has 1 aromatic carbocycles. The third kappa shape index (κ3) is 6.08. The lowest BCUT2D eigenvalue weighted by molar-refractivity contribution is -0.164. The molecule has 6 nitrogen and oxygen atoms in total. The van der Waals surface area contributed by atoms with Gasteiger partial charge in [0.15, 0.2) is 0 Å². The minimum atomic E-state index is -1.11. The fourth-order valence-electron chi connectivity index (χ4n) is 3.34. The Morgan fingerprint density at radius 2 is 1.67 bits per heavy atom. The maximum Gasteiger partial charge on any atom is 0.312 e. The number of carboxylic acid groups (broad SMARTS) is 1. The van der Waals surface area contributed by atoms with E-state index in [0.717, 1.165) is 5.56 Å². The molecule has 0 radical (unpaired) electrons. The van der Waals surface area contributed by atoms with Gasteiger partial charge in [-0.05, 0) is 38.7 Å². The molecule has 0 aromatic heterocycles. The summed E-state index contributed by atoms with van der Waals surface area (Å²) in [6, 6.07) is 9.34. The zero-order valence-corrected chi connectivity index (χ0v) is 16.8. The molecule has 0 fully saturated rings. The molecule has 6 heteroatoms. The first kappa shape index (κ1) is 22.7. The van der Waals surface area contributed by atoms with Crippen molar-refractivity contribution in [1.29, 1.82) is 0 Å². The lowest BCUT2D eigenvalue weighted by atomic mass is 9.68. The summed E-state index contributed by atoms with van der Waals surface area (Å²) in [5, 5.41) is 9.23. The molecule has 0 spiro atoms. The normalized spacial score (nSPS) is 16.5. The predicted octanol–water partition coefficient (Wildman–Crippen LogP) is 3.83. The van der Waals surface area contributed by atoms with Crippen molar-refractivity contribution < 1.29 is 29.0 Å². The van der Waals surface area contributed by atoms with Crippen molar-refractivity contribution in [3.63, 3.8) is 0 Å². The van der Waals surface area contributed by atoms with E-state index in [1.54, 1.807) is 20.8 Å². The van der Waals surface area contributed by atoms with Crippen molar-refractivity contribution in [1.82, 2.24) is 0 Å². The molecule has 27 heavy (non-hydrogen) atoms. The van der Waals surface area contributed by atoms with Gasteiger partial charge >= 0.3 is 17.9 Å². The first-order valence-electron chi connectivity index (χ1n) is 9.10. The third-order valence-corrected chi connectivity index (χ3v) is 5.12. The van der Waals surface area contributed by atoms with Gasteiger partial charge in [-0.2, -0.15) is 0 Å². The number of aliphatic carboxylic acids is 1. The number of esters is 2. The Hall–Kier alpha value is -2.37. The standard InChI is InChI=1S/C21H30O6/c1-6-20(3,19(25)27-13-16-10-8-7-9-11-16)14-21(4,18(24)26-5)12-15(2)17(22)23/h7-11,15H,6,12-14H2,1-5H3,(H,22,23). The summed E-state index contributed by atoms with van der Waals surface area (Å²) in [4.78, 5) is 36.5. The molecule has 1 N–H and O–H groups in total. The fraction of sp³-hybridized carbons (Fsp3) is 0.571. The van der Waals surface area contributed by atoms with Gasteiger partial charge < -0.3 is 14.6 Å². The molecule has 1 rings (SSSR count). The number of ether oxygens (including phenoxy) is 2. The Kier molecular flexibility index (Phi) is 8.00.